The highest BCUT2D eigenvalue weighted by Crippen LogP contribution is 2.30. The van der Waals surface area contributed by atoms with Crippen LogP contribution in [0.15, 0.2) is 21.5 Å². The van der Waals surface area contributed by atoms with Gasteiger partial charge in [0.1, 0.15) is 4.90 Å². The van der Waals surface area contributed by atoms with Crippen LogP contribution >= 0.6 is 26.6 Å². The molecule has 0 saturated heterocycles. The molecule has 0 atom stereocenters. The first kappa shape index (κ1) is 12.3. The minimum absolute atomic E-state index is 0.0508. The molecule has 0 aliphatic heterocycles. The normalized spacial score (nSPS) is 11.4. The van der Waals surface area contributed by atoms with Crippen LogP contribution in [0.1, 0.15) is 0 Å². The number of hydrogen-bond acceptors (Lipinski definition) is 4. The van der Waals surface area contributed by atoms with E-state index in [4.69, 9.17) is 10.7 Å². The molecule has 0 bridgehead atoms. The maximum absolute atomic E-state index is 13.3. The van der Waals surface area contributed by atoms with Gasteiger partial charge in [-0.15, -0.1) is 0 Å². The van der Waals surface area contributed by atoms with E-state index in [1.54, 1.807) is 0 Å². The molecule has 0 amide bonds. The Morgan fingerprint density at radius 1 is 1.47 bits per heavy atom. The molecule has 0 N–H and O–H groups in total. The first-order valence-electron chi connectivity index (χ1n) is 3.31. The second-order valence-corrected chi connectivity index (χ2v) is 5.88. The van der Waals surface area contributed by atoms with Crippen LogP contribution in [0.5, 0.6) is 0 Å². The van der Waals surface area contributed by atoms with Crippen molar-refractivity contribution >= 4 is 41.4 Å². The molecule has 82 valence electrons. The summed E-state index contributed by atoms with van der Waals surface area (Å²) in [6.45, 7) is 0. The van der Waals surface area contributed by atoms with Crippen molar-refractivity contribution in [1.29, 1.82) is 0 Å². The predicted octanol–water partition coefficient (Wildman–Crippen LogP) is 2.42. The van der Waals surface area contributed by atoms with E-state index < -0.39 is 30.4 Å². The van der Waals surface area contributed by atoms with Crippen LogP contribution in [0.3, 0.4) is 0 Å². The average Bonchev–Trinajstić information content (AvgIpc) is 2.06. The first-order chi connectivity index (χ1) is 6.73. The molecule has 0 aromatic heterocycles. The zero-order chi connectivity index (χ0) is 11.8. The molecule has 1 aromatic rings. The Kier molecular flexibility index (Phi) is 3.31. The molecule has 0 aliphatic carbocycles. The summed E-state index contributed by atoms with van der Waals surface area (Å²) in [5.41, 5.74) is -0.955. The van der Waals surface area contributed by atoms with Gasteiger partial charge in [0, 0.05) is 21.2 Å². The summed E-state index contributed by atoms with van der Waals surface area (Å²) in [5, 5.41) is 10.4. The van der Waals surface area contributed by atoms with Crippen LogP contribution < -0.4 is 0 Å². The van der Waals surface area contributed by atoms with Crippen LogP contribution in [0, 0.1) is 15.9 Å². The number of nitrogens with zero attached hydrogens (tertiary/aromatic N) is 1. The van der Waals surface area contributed by atoms with Crippen LogP contribution in [-0.4, -0.2) is 13.3 Å². The van der Waals surface area contributed by atoms with E-state index in [-0.39, 0.29) is 4.47 Å². The van der Waals surface area contributed by atoms with Gasteiger partial charge in [0.05, 0.1) is 4.92 Å². The molecule has 0 aliphatic rings. The smallest absolute Gasteiger partial charge is 0.258 e. The molecular weight excluding hydrogens is 316 g/mol. The topological polar surface area (TPSA) is 77.3 Å². The Labute approximate surface area is 96.5 Å². The van der Waals surface area contributed by atoms with Crippen molar-refractivity contribution in [3.63, 3.8) is 0 Å². The van der Waals surface area contributed by atoms with Gasteiger partial charge in [0.25, 0.3) is 9.05 Å². The van der Waals surface area contributed by atoms with Crippen molar-refractivity contribution in [3.05, 3.63) is 32.5 Å². The lowest BCUT2D eigenvalue weighted by Gasteiger charge is -2.00. The molecule has 15 heavy (non-hydrogen) atoms. The molecule has 1 aromatic carbocycles. The van der Waals surface area contributed by atoms with Crippen molar-refractivity contribution < 1.29 is 17.7 Å². The van der Waals surface area contributed by atoms with Gasteiger partial charge < -0.3 is 0 Å². The van der Waals surface area contributed by atoms with Crippen molar-refractivity contribution in [2.45, 2.75) is 4.90 Å². The lowest BCUT2D eigenvalue weighted by atomic mass is 10.3. The summed E-state index contributed by atoms with van der Waals surface area (Å²) < 4.78 is 35.0. The standard InChI is InChI=1S/C6H2BrClFNO4S/c7-3-1-4(10(11)12)6(9)5(2-3)15(8,13)14/h1-2H. The minimum Gasteiger partial charge on any atom is -0.258 e. The molecular formula is C6H2BrClFNO4S. The summed E-state index contributed by atoms with van der Waals surface area (Å²) in [6.07, 6.45) is 0. The molecule has 9 heteroatoms. The van der Waals surface area contributed by atoms with Gasteiger partial charge in [0.2, 0.25) is 5.82 Å². The van der Waals surface area contributed by atoms with E-state index in [0.29, 0.717) is 0 Å². The van der Waals surface area contributed by atoms with Crippen LogP contribution in [0.4, 0.5) is 10.1 Å². The molecule has 1 rings (SSSR count). The number of rotatable bonds is 2. The quantitative estimate of drug-likeness (QED) is 0.476. The zero-order valence-electron chi connectivity index (χ0n) is 6.78. The van der Waals surface area contributed by atoms with Gasteiger partial charge in [0.15, 0.2) is 0 Å². The van der Waals surface area contributed by atoms with E-state index in [1.165, 1.54) is 0 Å². The molecule has 0 fully saturated rings. The summed E-state index contributed by atoms with van der Waals surface area (Å²) in [7, 11) is 0.552. The predicted molar refractivity (Wildman–Crippen MR) is 53.8 cm³/mol. The SMILES string of the molecule is O=[N+]([O-])c1cc(Br)cc(S(=O)(=O)Cl)c1F. The van der Waals surface area contributed by atoms with Crippen molar-refractivity contribution in [3.8, 4) is 0 Å². The number of halogens is 3. The Balaban J connectivity index is 3.63. The second kappa shape index (κ2) is 4.03. The van der Waals surface area contributed by atoms with Crippen LogP contribution in [0.2, 0.25) is 0 Å². The number of benzene rings is 1. The third kappa shape index (κ3) is 2.64. The Hall–Kier alpha value is -0.730. The third-order valence-corrected chi connectivity index (χ3v) is 3.22. The Morgan fingerprint density at radius 2 is 2.00 bits per heavy atom. The van der Waals surface area contributed by atoms with E-state index in [9.17, 15) is 22.9 Å². The van der Waals surface area contributed by atoms with Gasteiger partial charge in [-0.25, -0.2) is 8.42 Å². The lowest BCUT2D eigenvalue weighted by Crippen LogP contribution is -2.00. The summed E-state index contributed by atoms with van der Waals surface area (Å²) in [5.74, 6) is -1.47. The number of hydrogen-bond donors (Lipinski definition) is 0. The van der Waals surface area contributed by atoms with E-state index in [1.807, 2.05) is 0 Å². The van der Waals surface area contributed by atoms with Gasteiger partial charge in [-0.05, 0) is 6.07 Å². The minimum atomic E-state index is -4.35. The maximum Gasteiger partial charge on any atom is 0.307 e. The van der Waals surface area contributed by atoms with E-state index in [0.717, 1.165) is 12.1 Å². The molecule has 5 nitrogen and oxygen atoms in total. The largest absolute Gasteiger partial charge is 0.307 e. The van der Waals surface area contributed by atoms with Gasteiger partial charge in [-0.2, -0.15) is 4.39 Å². The summed E-state index contributed by atoms with van der Waals surface area (Å²) in [4.78, 5) is 8.40. The lowest BCUT2D eigenvalue weighted by molar-refractivity contribution is -0.387. The summed E-state index contributed by atoms with van der Waals surface area (Å²) >= 11 is 2.81. The fraction of sp³-hybridized carbons (Fsp3) is 0. The highest BCUT2D eigenvalue weighted by Gasteiger charge is 2.26. The monoisotopic (exact) mass is 317 g/mol. The molecule has 0 radical (unpaired) electrons. The van der Waals surface area contributed by atoms with Gasteiger partial charge >= 0.3 is 5.69 Å². The third-order valence-electron chi connectivity index (χ3n) is 1.44. The van der Waals surface area contributed by atoms with Gasteiger partial charge in [-0.3, -0.25) is 10.1 Å². The van der Waals surface area contributed by atoms with E-state index in [2.05, 4.69) is 15.9 Å². The Bertz CT molecular complexity index is 532. The van der Waals surface area contributed by atoms with Crippen LogP contribution in [-0.2, 0) is 9.05 Å². The van der Waals surface area contributed by atoms with Gasteiger partial charge in [-0.1, -0.05) is 15.9 Å². The molecule has 0 saturated carbocycles. The maximum atomic E-state index is 13.3. The Morgan fingerprint density at radius 3 is 2.40 bits per heavy atom. The van der Waals surface area contributed by atoms with E-state index >= 15 is 0 Å². The zero-order valence-corrected chi connectivity index (χ0v) is 9.94. The van der Waals surface area contributed by atoms with Crippen molar-refractivity contribution in [1.82, 2.24) is 0 Å². The number of nitro groups is 1. The highest BCUT2D eigenvalue weighted by atomic mass is 79.9. The van der Waals surface area contributed by atoms with Crippen molar-refractivity contribution in [2.24, 2.45) is 0 Å². The molecule has 0 unspecified atom stereocenters. The molecule has 0 spiro atoms. The van der Waals surface area contributed by atoms with Crippen molar-refractivity contribution in [2.75, 3.05) is 0 Å². The fourth-order valence-electron chi connectivity index (χ4n) is 0.861. The summed E-state index contributed by atoms with van der Waals surface area (Å²) in [6, 6.07) is 1.70. The molecule has 0 heterocycles. The van der Waals surface area contributed by atoms with Crippen LogP contribution in [0.25, 0.3) is 0 Å². The second-order valence-electron chi connectivity index (χ2n) is 2.43. The average molecular weight is 319 g/mol. The fourth-order valence-corrected chi connectivity index (χ4v) is 2.38. The highest BCUT2D eigenvalue weighted by molar-refractivity contribution is 9.10. The number of nitro benzene ring substituents is 1. The first-order valence-corrected chi connectivity index (χ1v) is 6.42.